The van der Waals surface area contributed by atoms with Crippen LogP contribution in [0.5, 0.6) is 5.75 Å². The Balaban J connectivity index is 1.43. The number of hydrogen-bond acceptors (Lipinski definition) is 7. The standard InChI is InChI=1S/C22H24N4O4S2/c1-15-5-7-16(8-6-15)21-24-25-22(31-21)23-20(27)17-4-3-13-26(14-17)32(28,29)19-11-9-18(30-2)10-12-19/h5-12,17H,3-4,13-14H2,1-2H3,(H,23,25,27)/t17-/m1/s1. The molecule has 0 radical (unpaired) electrons. The third-order valence-corrected chi connectivity index (χ3v) is 8.17. The summed E-state index contributed by atoms with van der Waals surface area (Å²) in [5.41, 5.74) is 2.08. The van der Waals surface area contributed by atoms with Crippen molar-refractivity contribution in [2.24, 2.45) is 5.92 Å². The average Bonchev–Trinajstić information content (AvgIpc) is 3.28. The Morgan fingerprint density at radius 1 is 1.12 bits per heavy atom. The number of methoxy groups -OCH3 is 1. The molecule has 10 heteroatoms. The fraction of sp³-hybridized carbons (Fsp3) is 0.318. The fourth-order valence-corrected chi connectivity index (χ4v) is 5.84. The van der Waals surface area contributed by atoms with E-state index in [0.717, 1.165) is 11.1 Å². The summed E-state index contributed by atoms with van der Waals surface area (Å²) < 4.78 is 32.5. The maximum Gasteiger partial charge on any atom is 0.243 e. The fourth-order valence-electron chi connectivity index (χ4n) is 3.57. The van der Waals surface area contributed by atoms with E-state index in [0.29, 0.717) is 35.3 Å². The molecule has 0 unspecified atom stereocenters. The molecule has 1 saturated heterocycles. The minimum Gasteiger partial charge on any atom is -0.497 e. The highest BCUT2D eigenvalue weighted by Gasteiger charge is 2.33. The van der Waals surface area contributed by atoms with E-state index in [1.54, 1.807) is 12.1 Å². The average molecular weight is 473 g/mol. The summed E-state index contributed by atoms with van der Waals surface area (Å²) >= 11 is 1.29. The third-order valence-electron chi connectivity index (χ3n) is 5.41. The van der Waals surface area contributed by atoms with E-state index in [1.807, 2.05) is 31.2 Å². The van der Waals surface area contributed by atoms with Crippen LogP contribution in [-0.4, -0.2) is 49.0 Å². The zero-order valence-electron chi connectivity index (χ0n) is 17.8. The molecule has 0 bridgehead atoms. The molecular weight excluding hydrogens is 448 g/mol. The van der Waals surface area contributed by atoms with E-state index >= 15 is 0 Å². The van der Waals surface area contributed by atoms with Gasteiger partial charge in [-0.3, -0.25) is 4.79 Å². The Hall–Kier alpha value is -2.82. The predicted molar refractivity (Wildman–Crippen MR) is 123 cm³/mol. The van der Waals surface area contributed by atoms with Gasteiger partial charge in [-0.2, -0.15) is 4.31 Å². The van der Waals surface area contributed by atoms with Crippen molar-refractivity contribution >= 4 is 32.4 Å². The largest absolute Gasteiger partial charge is 0.497 e. The molecule has 3 aromatic rings. The molecule has 1 fully saturated rings. The van der Waals surface area contributed by atoms with Gasteiger partial charge in [-0.05, 0) is 44.0 Å². The van der Waals surface area contributed by atoms with Gasteiger partial charge in [0.15, 0.2) is 0 Å². The van der Waals surface area contributed by atoms with Gasteiger partial charge in [0.05, 0.1) is 17.9 Å². The number of piperidine rings is 1. The van der Waals surface area contributed by atoms with Crippen molar-refractivity contribution in [1.82, 2.24) is 14.5 Å². The molecule has 0 spiro atoms. The number of carbonyl (C=O) groups excluding carboxylic acids is 1. The summed E-state index contributed by atoms with van der Waals surface area (Å²) in [6.07, 6.45) is 1.22. The third kappa shape index (κ3) is 4.82. The predicted octanol–water partition coefficient (Wildman–Crippen LogP) is 3.56. The number of anilines is 1. The van der Waals surface area contributed by atoms with Crippen LogP contribution in [0.1, 0.15) is 18.4 Å². The molecule has 1 aliphatic rings. The highest BCUT2D eigenvalue weighted by molar-refractivity contribution is 7.89. The van der Waals surface area contributed by atoms with Crippen molar-refractivity contribution < 1.29 is 17.9 Å². The van der Waals surface area contributed by atoms with Crippen LogP contribution in [0, 0.1) is 12.8 Å². The minimum atomic E-state index is -3.69. The van der Waals surface area contributed by atoms with Crippen LogP contribution in [0.2, 0.25) is 0 Å². The zero-order chi connectivity index (χ0) is 22.7. The van der Waals surface area contributed by atoms with Crippen molar-refractivity contribution in [3.05, 3.63) is 54.1 Å². The van der Waals surface area contributed by atoms with Crippen LogP contribution in [-0.2, 0) is 14.8 Å². The van der Waals surface area contributed by atoms with E-state index < -0.39 is 15.9 Å². The Labute approximate surface area is 191 Å². The molecule has 4 rings (SSSR count). The number of ether oxygens (including phenoxy) is 1. The second-order valence-corrected chi connectivity index (χ2v) is 10.6. The van der Waals surface area contributed by atoms with Gasteiger partial charge in [-0.25, -0.2) is 8.42 Å². The van der Waals surface area contributed by atoms with E-state index in [1.165, 1.54) is 34.9 Å². The summed E-state index contributed by atoms with van der Waals surface area (Å²) in [4.78, 5) is 13.0. The molecule has 168 valence electrons. The maximum absolute atomic E-state index is 13.0. The number of nitrogens with one attached hydrogen (secondary N) is 1. The Kier molecular flexibility index (Phi) is 6.54. The van der Waals surface area contributed by atoms with Crippen molar-refractivity contribution in [2.45, 2.75) is 24.7 Å². The molecule has 1 N–H and O–H groups in total. The second-order valence-electron chi connectivity index (χ2n) is 7.65. The van der Waals surface area contributed by atoms with Gasteiger partial charge in [0.25, 0.3) is 0 Å². The van der Waals surface area contributed by atoms with Crippen molar-refractivity contribution in [1.29, 1.82) is 0 Å². The van der Waals surface area contributed by atoms with E-state index in [2.05, 4.69) is 15.5 Å². The smallest absolute Gasteiger partial charge is 0.243 e. The number of nitrogens with zero attached hydrogens (tertiary/aromatic N) is 3. The van der Waals surface area contributed by atoms with Gasteiger partial charge in [0.2, 0.25) is 21.1 Å². The first-order valence-corrected chi connectivity index (χ1v) is 12.5. The molecule has 2 aromatic carbocycles. The lowest BCUT2D eigenvalue weighted by atomic mass is 9.99. The lowest BCUT2D eigenvalue weighted by molar-refractivity contribution is -0.120. The SMILES string of the molecule is COc1ccc(S(=O)(=O)N2CCC[C@@H](C(=O)Nc3nnc(-c4ccc(C)cc4)s3)C2)cc1. The molecule has 1 aliphatic heterocycles. The molecule has 1 amide bonds. The number of hydrogen-bond donors (Lipinski definition) is 1. The highest BCUT2D eigenvalue weighted by atomic mass is 32.2. The Morgan fingerprint density at radius 2 is 1.84 bits per heavy atom. The van der Waals surface area contributed by atoms with Crippen LogP contribution in [0.25, 0.3) is 10.6 Å². The van der Waals surface area contributed by atoms with Gasteiger partial charge in [-0.1, -0.05) is 41.2 Å². The first kappa shape index (κ1) is 22.4. The van der Waals surface area contributed by atoms with Crippen LogP contribution < -0.4 is 10.1 Å². The summed E-state index contributed by atoms with van der Waals surface area (Å²) in [5.74, 6) is -0.114. The number of rotatable bonds is 6. The summed E-state index contributed by atoms with van der Waals surface area (Å²) in [6, 6.07) is 14.2. The number of aromatic nitrogens is 2. The second kappa shape index (κ2) is 9.35. The van der Waals surface area contributed by atoms with Gasteiger partial charge in [0, 0.05) is 18.7 Å². The zero-order valence-corrected chi connectivity index (χ0v) is 19.4. The van der Waals surface area contributed by atoms with Crippen molar-refractivity contribution in [3.63, 3.8) is 0 Å². The Bertz CT molecular complexity index is 1190. The van der Waals surface area contributed by atoms with Crippen molar-refractivity contribution in [2.75, 3.05) is 25.5 Å². The van der Waals surface area contributed by atoms with Crippen LogP contribution in [0.4, 0.5) is 5.13 Å². The van der Waals surface area contributed by atoms with Crippen LogP contribution in [0.3, 0.4) is 0 Å². The molecule has 0 aliphatic carbocycles. The molecule has 1 aromatic heterocycles. The molecule has 2 heterocycles. The van der Waals surface area contributed by atoms with E-state index in [9.17, 15) is 13.2 Å². The summed E-state index contributed by atoms with van der Waals surface area (Å²) in [6.45, 7) is 2.52. The topological polar surface area (TPSA) is 101 Å². The minimum absolute atomic E-state index is 0.129. The van der Waals surface area contributed by atoms with E-state index in [4.69, 9.17) is 4.74 Å². The van der Waals surface area contributed by atoms with Crippen molar-refractivity contribution in [3.8, 4) is 16.3 Å². The number of carbonyl (C=O) groups is 1. The van der Waals surface area contributed by atoms with Crippen LogP contribution >= 0.6 is 11.3 Å². The molecule has 32 heavy (non-hydrogen) atoms. The van der Waals surface area contributed by atoms with Gasteiger partial charge in [-0.15, -0.1) is 10.2 Å². The monoisotopic (exact) mass is 472 g/mol. The van der Waals surface area contributed by atoms with Gasteiger partial charge >= 0.3 is 0 Å². The summed E-state index contributed by atoms with van der Waals surface area (Å²) in [5, 5.41) is 12.2. The molecule has 8 nitrogen and oxygen atoms in total. The maximum atomic E-state index is 13.0. The van der Waals surface area contributed by atoms with Gasteiger partial charge in [0.1, 0.15) is 10.8 Å². The van der Waals surface area contributed by atoms with E-state index in [-0.39, 0.29) is 17.3 Å². The quantitative estimate of drug-likeness (QED) is 0.589. The number of aryl methyl sites for hydroxylation is 1. The van der Waals surface area contributed by atoms with Gasteiger partial charge < -0.3 is 10.1 Å². The molecule has 1 atom stereocenters. The molecule has 0 saturated carbocycles. The lowest BCUT2D eigenvalue weighted by Crippen LogP contribution is -2.43. The number of sulfonamides is 1. The number of amides is 1. The normalized spacial score (nSPS) is 17.1. The first-order valence-electron chi connectivity index (χ1n) is 10.2. The Morgan fingerprint density at radius 3 is 2.53 bits per heavy atom. The lowest BCUT2D eigenvalue weighted by Gasteiger charge is -2.31. The van der Waals surface area contributed by atoms with Crippen LogP contribution in [0.15, 0.2) is 53.4 Å². The highest BCUT2D eigenvalue weighted by Crippen LogP contribution is 2.29. The number of benzene rings is 2. The summed E-state index contributed by atoms with van der Waals surface area (Å²) in [7, 11) is -2.16. The molecular formula is C22H24N4O4S2. The first-order chi connectivity index (χ1) is 15.4.